The highest BCUT2D eigenvalue weighted by Crippen LogP contribution is 2.48. The molecule has 1 heterocycles. The highest BCUT2D eigenvalue weighted by Gasteiger charge is 2.46. The van der Waals surface area contributed by atoms with Crippen LogP contribution in [0.3, 0.4) is 0 Å². The van der Waals surface area contributed by atoms with Crippen LogP contribution < -0.4 is 9.47 Å². The third kappa shape index (κ3) is 5.24. The maximum Gasteiger partial charge on any atom is 0.474 e. The molecule has 15 heteroatoms. The first kappa shape index (κ1) is 24.4. The van der Waals surface area contributed by atoms with Gasteiger partial charge in [-0.25, -0.2) is 4.57 Å². The largest absolute Gasteiger partial charge is 0.493 e. The van der Waals surface area contributed by atoms with Crippen LogP contribution >= 0.6 is 7.82 Å². The Morgan fingerprint density at radius 2 is 1.83 bits per heavy atom. The first-order valence-corrected chi connectivity index (χ1v) is 9.90. The van der Waals surface area contributed by atoms with Crippen LogP contribution in [0.5, 0.6) is 11.5 Å². The number of aliphatic hydroxyl groups is 4. The Labute approximate surface area is 169 Å². The zero-order chi connectivity index (χ0) is 22.6. The molecule has 1 unspecified atom stereocenters. The molecule has 0 bridgehead atoms. The Balaban J connectivity index is 2.17. The van der Waals surface area contributed by atoms with E-state index in [0.29, 0.717) is 0 Å². The van der Waals surface area contributed by atoms with Crippen LogP contribution in [0.15, 0.2) is 12.1 Å². The van der Waals surface area contributed by atoms with Gasteiger partial charge in [0.15, 0.2) is 12.0 Å². The van der Waals surface area contributed by atoms with Gasteiger partial charge >= 0.3 is 13.5 Å². The summed E-state index contributed by atoms with van der Waals surface area (Å²) in [5.41, 5.74) is -0.714. The minimum Gasteiger partial charge on any atom is -0.493 e. The average molecular weight is 455 g/mol. The fourth-order valence-electron chi connectivity index (χ4n) is 2.74. The number of nitro benzene ring substituents is 1. The minimum absolute atomic E-state index is 0.0534. The van der Waals surface area contributed by atoms with Gasteiger partial charge in [-0.3, -0.25) is 19.2 Å². The van der Waals surface area contributed by atoms with Crippen molar-refractivity contribution in [2.45, 2.75) is 37.3 Å². The second-order valence-electron chi connectivity index (χ2n) is 6.11. The van der Waals surface area contributed by atoms with E-state index in [1.54, 1.807) is 0 Å². The van der Waals surface area contributed by atoms with Gasteiger partial charge in [-0.2, -0.15) is 0 Å². The highest BCUT2D eigenvalue weighted by atomic mass is 31.2. The Bertz CT molecular complexity index is 803. The lowest BCUT2D eigenvalue weighted by Gasteiger charge is -2.39. The Kier molecular flexibility index (Phi) is 8.10. The third-order valence-corrected chi connectivity index (χ3v) is 5.18. The van der Waals surface area contributed by atoms with E-state index in [0.717, 1.165) is 0 Å². The summed E-state index contributed by atoms with van der Waals surface area (Å²) in [6, 6.07) is 2.54. The average Bonchev–Trinajstić information content (AvgIpc) is 2.71. The molecule has 0 spiro atoms. The zero-order valence-corrected chi connectivity index (χ0v) is 16.7. The van der Waals surface area contributed by atoms with E-state index in [-0.39, 0.29) is 17.1 Å². The number of hydrogen-bond donors (Lipinski definition) is 5. The van der Waals surface area contributed by atoms with E-state index in [2.05, 4.69) is 4.52 Å². The van der Waals surface area contributed by atoms with Gasteiger partial charge in [-0.15, -0.1) is 0 Å². The molecule has 0 amide bonds. The number of phosphoric acid groups is 1. The molecule has 1 aromatic carbocycles. The summed E-state index contributed by atoms with van der Waals surface area (Å²) >= 11 is 0. The Morgan fingerprint density at radius 3 is 2.37 bits per heavy atom. The Morgan fingerprint density at radius 1 is 1.17 bits per heavy atom. The number of aliphatic hydroxyl groups excluding tert-OH is 4. The maximum absolute atomic E-state index is 12.2. The van der Waals surface area contributed by atoms with Crippen LogP contribution in [0.25, 0.3) is 0 Å². The topological polar surface area (TPSA) is 208 Å². The molecule has 1 saturated heterocycles. The van der Waals surface area contributed by atoms with Crippen LogP contribution in [-0.4, -0.2) is 81.8 Å². The monoisotopic (exact) mass is 455 g/mol. The summed E-state index contributed by atoms with van der Waals surface area (Å²) in [7, 11) is -2.55. The van der Waals surface area contributed by atoms with Gasteiger partial charge in [0.1, 0.15) is 24.4 Å². The molecule has 6 atom stereocenters. The van der Waals surface area contributed by atoms with Crippen LogP contribution in [0.1, 0.15) is 5.56 Å². The standard InChI is InChI=1S/C15H22NO13P/c1-25-8-4-3-7(10(16(21)22)14(8)26-2)6-27-30(23,24)29-15-13(20)12(19)11(18)9(5-17)28-15/h3-4,9,11-13,15,17-20H,5-6H2,1-2H3,(H,23,24)/t9-,11-,12+,13-,15-/m1/s1. The van der Waals surface area contributed by atoms with Crippen molar-refractivity contribution < 1.29 is 58.1 Å². The van der Waals surface area contributed by atoms with Crippen molar-refractivity contribution >= 4 is 13.5 Å². The van der Waals surface area contributed by atoms with Gasteiger partial charge in [0.05, 0.1) is 37.9 Å². The molecule has 0 saturated carbocycles. The number of methoxy groups -OCH3 is 2. The SMILES string of the molecule is COc1ccc(COP(=O)(O)O[C@H]2O[C@H](CO)[C@@H](O)[C@H](O)[C@H]2O)c([N+](=O)[O-])c1OC. The van der Waals surface area contributed by atoms with Crippen molar-refractivity contribution in [2.24, 2.45) is 0 Å². The molecule has 5 N–H and O–H groups in total. The molecule has 14 nitrogen and oxygen atoms in total. The number of benzene rings is 1. The maximum atomic E-state index is 12.2. The lowest BCUT2D eigenvalue weighted by Crippen LogP contribution is -2.58. The number of rotatable bonds is 9. The van der Waals surface area contributed by atoms with E-state index in [9.17, 15) is 34.9 Å². The van der Waals surface area contributed by atoms with Gasteiger partial charge < -0.3 is 39.5 Å². The third-order valence-electron chi connectivity index (χ3n) is 4.25. The van der Waals surface area contributed by atoms with Crippen LogP contribution in [-0.2, 0) is 25.0 Å². The van der Waals surface area contributed by atoms with Crippen molar-refractivity contribution in [3.05, 3.63) is 27.8 Å². The van der Waals surface area contributed by atoms with E-state index < -0.39 is 62.4 Å². The quantitative estimate of drug-likeness (QED) is 0.173. The summed E-state index contributed by atoms with van der Waals surface area (Å²) in [5, 5.41) is 49.8. The van der Waals surface area contributed by atoms with Crippen molar-refractivity contribution in [1.29, 1.82) is 0 Å². The second kappa shape index (κ2) is 9.96. The number of nitro groups is 1. The molecule has 1 aliphatic rings. The minimum atomic E-state index is -4.99. The second-order valence-corrected chi connectivity index (χ2v) is 7.52. The van der Waals surface area contributed by atoms with Gasteiger partial charge in [-0.1, -0.05) is 0 Å². The lowest BCUT2D eigenvalue weighted by atomic mass is 10.00. The van der Waals surface area contributed by atoms with Crippen molar-refractivity contribution in [1.82, 2.24) is 0 Å². The number of ether oxygens (including phenoxy) is 3. The molecule has 1 fully saturated rings. The van der Waals surface area contributed by atoms with Crippen LogP contribution in [0, 0.1) is 10.1 Å². The smallest absolute Gasteiger partial charge is 0.474 e. The molecule has 1 aromatic rings. The summed E-state index contributed by atoms with van der Waals surface area (Å²) in [4.78, 5) is 20.5. The van der Waals surface area contributed by atoms with Gasteiger partial charge in [0, 0.05) is 0 Å². The first-order chi connectivity index (χ1) is 14.1. The van der Waals surface area contributed by atoms with Crippen molar-refractivity contribution in [2.75, 3.05) is 20.8 Å². The van der Waals surface area contributed by atoms with Crippen molar-refractivity contribution in [3.8, 4) is 11.5 Å². The summed E-state index contributed by atoms with van der Waals surface area (Å²) in [6.07, 6.45) is -8.79. The van der Waals surface area contributed by atoms with Crippen LogP contribution in [0.2, 0.25) is 0 Å². The normalized spacial score (nSPS) is 28.6. The number of phosphoric ester groups is 1. The summed E-state index contributed by atoms with van der Waals surface area (Å²) < 4.78 is 36.6. The predicted octanol–water partition coefficient (Wildman–Crippen LogP) is -0.955. The summed E-state index contributed by atoms with van der Waals surface area (Å²) in [6.45, 7) is -1.55. The van der Waals surface area contributed by atoms with E-state index in [4.69, 9.17) is 23.8 Å². The molecule has 2 rings (SSSR count). The lowest BCUT2D eigenvalue weighted by molar-refractivity contribution is -0.386. The number of nitrogens with zero attached hydrogens (tertiary/aromatic N) is 1. The molecule has 1 aliphatic heterocycles. The predicted molar refractivity (Wildman–Crippen MR) is 95.7 cm³/mol. The molecular formula is C15H22NO13P. The molecule has 170 valence electrons. The van der Waals surface area contributed by atoms with Gasteiger partial charge in [0.25, 0.3) is 0 Å². The van der Waals surface area contributed by atoms with E-state index >= 15 is 0 Å². The Hall–Kier alpha value is -1.87. The molecule has 0 aromatic heterocycles. The van der Waals surface area contributed by atoms with Crippen molar-refractivity contribution in [3.63, 3.8) is 0 Å². The van der Waals surface area contributed by atoms with Crippen LogP contribution in [0.4, 0.5) is 5.69 Å². The fraction of sp³-hybridized carbons (Fsp3) is 0.600. The van der Waals surface area contributed by atoms with E-state index in [1.165, 1.54) is 26.4 Å². The van der Waals surface area contributed by atoms with Gasteiger partial charge in [0.2, 0.25) is 5.75 Å². The van der Waals surface area contributed by atoms with E-state index in [1.807, 2.05) is 0 Å². The fourth-order valence-corrected chi connectivity index (χ4v) is 3.54. The molecular weight excluding hydrogens is 433 g/mol. The summed E-state index contributed by atoms with van der Waals surface area (Å²) in [5.74, 6) is -0.177. The zero-order valence-electron chi connectivity index (χ0n) is 15.9. The first-order valence-electron chi connectivity index (χ1n) is 8.40. The molecule has 30 heavy (non-hydrogen) atoms. The number of hydrogen-bond acceptors (Lipinski definition) is 12. The molecule has 0 radical (unpaired) electrons. The van der Waals surface area contributed by atoms with Gasteiger partial charge in [-0.05, 0) is 12.1 Å². The molecule has 0 aliphatic carbocycles. The highest BCUT2D eigenvalue weighted by molar-refractivity contribution is 7.47.